The van der Waals surface area contributed by atoms with Gasteiger partial charge in [0.15, 0.2) is 0 Å². The van der Waals surface area contributed by atoms with Crippen LogP contribution < -0.4 is 16.0 Å². The average Bonchev–Trinajstić information content (AvgIpc) is 2.24. The number of rotatable bonds is 7. The molecule has 0 aliphatic rings. The van der Waals surface area contributed by atoms with Crippen LogP contribution in [0.25, 0.3) is 0 Å². The van der Waals surface area contributed by atoms with Gasteiger partial charge in [-0.05, 0) is 20.3 Å². The Morgan fingerprint density at radius 3 is 2.38 bits per heavy atom. The standard InChI is InChI=1S/C11H23N3O2/c1-5-6-8(2)14-10(15)7-13-9(3)11(16)12-4/h8-9,13H,5-7H2,1-4H3,(H,12,16)(H,14,15). The van der Waals surface area contributed by atoms with E-state index in [0.29, 0.717) is 0 Å². The quantitative estimate of drug-likeness (QED) is 0.576. The molecule has 0 fully saturated rings. The summed E-state index contributed by atoms with van der Waals surface area (Å²) in [5.74, 6) is -0.189. The summed E-state index contributed by atoms with van der Waals surface area (Å²) in [6.07, 6.45) is 2.01. The molecule has 2 unspecified atom stereocenters. The van der Waals surface area contributed by atoms with Gasteiger partial charge in [0.1, 0.15) is 0 Å². The molecule has 0 saturated heterocycles. The van der Waals surface area contributed by atoms with E-state index in [0.717, 1.165) is 12.8 Å². The van der Waals surface area contributed by atoms with Crippen LogP contribution in [0.5, 0.6) is 0 Å². The van der Waals surface area contributed by atoms with E-state index in [1.807, 2.05) is 6.92 Å². The molecule has 0 spiro atoms. The van der Waals surface area contributed by atoms with Crippen molar-refractivity contribution in [2.45, 2.75) is 45.7 Å². The molecule has 0 heterocycles. The number of amides is 2. The first-order valence-electron chi connectivity index (χ1n) is 5.75. The lowest BCUT2D eigenvalue weighted by molar-refractivity contribution is -0.123. The van der Waals surface area contributed by atoms with Gasteiger partial charge in [-0.2, -0.15) is 0 Å². The molecular weight excluding hydrogens is 206 g/mol. The molecule has 0 saturated carbocycles. The Hall–Kier alpha value is -1.10. The smallest absolute Gasteiger partial charge is 0.236 e. The maximum Gasteiger partial charge on any atom is 0.236 e. The number of hydrogen-bond acceptors (Lipinski definition) is 3. The van der Waals surface area contributed by atoms with Gasteiger partial charge >= 0.3 is 0 Å². The maximum absolute atomic E-state index is 11.4. The van der Waals surface area contributed by atoms with E-state index in [4.69, 9.17) is 0 Å². The zero-order valence-electron chi connectivity index (χ0n) is 10.6. The van der Waals surface area contributed by atoms with Crippen molar-refractivity contribution in [3.63, 3.8) is 0 Å². The van der Waals surface area contributed by atoms with E-state index in [1.54, 1.807) is 14.0 Å². The normalized spacial score (nSPS) is 14.0. The Bertz CT molecular complexity index is 231. The van der Waals surface area contributed by atoms with Gasteiger partial charge in [-0.1, -0.05) is 13.3 Å². The van der Waals surface area contributed by atoms with Crippen molar-refractivity contribution in [1.29, 1.82) is 0 Å². The SMILES string of the molecule is CCCC(C)NC(=O)CNC(C)C(=O)NC. The Morgan fingerprint density at radius 1 is 1.25 bits per heavy atom. The maximum atomic E-state index is 11.4. The van der Waals surface area contributed by atoms with Gasteiger partial charge < -0.3 is 10.6 Å². The summed E-state index contributed by atoms with van der Waals surface area (Å²) in [6, 6.07) is -0.160. The second kappa shape index (κ2) is 8.10. The van der Waals surface area contributed by atoms with Crippen LogP contribution in [-0.4, -0.2) is 37.5 Å². The highest BCUT2D eigenvalue weighted by Gasteiger charge is 2.12. The number of carbonyl (C=O) groups is 2. The van der Waals surface area contributed by atoms with Crippen molar-refractivity contribution in [3.05, 3.63) is 0 Å². The van der Waals surface area contributed by atoms with Gasteiger partial charge in [-0.3, -0.25) is 14.9 Å². The third-order valence-electron chi connectivity index (χ3n) is 2.34. The van der Waals surface area contributed by atoms with Crippen LogP contribution in [0.1, 0.15) is 33.6 Å². The third kappa shape index (κ3) is 6.40. The summed E-state index contributed by atoms with van der Waals surface area (Å²) in [5.41, 5.74) is 0. The summed E-state index contributed by atoms with van der Waals surface area (Å²) < 4.78 is 0. The van der Waals surface area contributed by atoms with Crippen molar-refractivity contribution >= 4 is 11.8 Å². The molecular formula is C11H23N3O2. The van der Waals surface area contributed by atoms with Gasteiger partial charge in [0.05, 0.1) is 12.6 Å². The van der Waals surface area contributed by atoms with Gasteiger partial charge in [0.25, 0.3) is 0 Å². The minimum atomic E-state index is -0.350. The van der Waals surface area contributed by atoms with Crippen LogP contribution in [0, 0.1) is 0 Å². The van der Waals surface area contributed by atoms with Crippen LogP contribution in [0.15, 0.2) is 0 Å². The van der Waals surface area contributed by atoms with Gasteiger partial charge in [-0.15, -0.1) is 0 Å². The molecule has 94 valence electrons. The highest BCUT2D eigenvalue weighted by molar-refractivity contribution is 5.83. The lowest BCUT2D eigenvalue weighted by Gasteiger charge is -2.15. The van der Waals surface area contributed by atoms with Crippen molar-refractivity contribution in [1.82, 2.24) is 16.0 Å². The molecule has 3 N–H and O–H groups in total. The first kappa shape index (κ1) is 14.9. The van der Waals surface area contributed by atoms with Gasteiger partial charge in [-0.25, -0.2) is 0 Å². The predicted molar refractivity (Wildman–Crippen MR) is 64.0 cm³/mol. The average molecular weight is 229 g/mol. The summed E-state index contributed by atoms with van der Waals surface area (Å²) in [6.45, 7) is 5.95. The number of carbonyl (C=O) groups excluding carboxylic acids is 2. The minimum Gasteiger partial charge on any atom is -0.358 e. The summed E-state index contributed by atoms with van der Waals surface area (Å²) in [5, 5.41) is 8.23. The molecule has 0 aromatic carbocycles. The fraction of sp³-hybridized carbons (Fsp3) is 0.818. The fourth-order valence-electron chi connectivity index (χ4n) is 1.39. The Labute approximate surface area is 97.4 Å². The molecule has 2 amide bonds. The Balaban J connectivity index is 3.76. The van der Waals surface area contributed by atoms with Crippen LogP contribution in [-0.2, 0) is 9.59 Å². The number of likely N-dealkylation sites (N-methyl/N-ethyl adjacent to an activating group) is 1. The second-order valence-corrected chi connectivity index (χ2v) is 3.97. The van der Waals surface area contributed by atoms with E-state index >= 15 is 0 Å². The van der Waals surface area contributed by atoms with Crippen molar-refractivity contribution < 1.29 is 9.59 Å². The molecule has 0 aromatic rings. The molecule has 0 bridgehead atoms. The lowest BCUT2D eigenvalue weighted by atomic mass is 10.2. The Morgan fingerprint density at radius 2 is 1.88 bits per heavy atom. The van der Waals surface area contributed by atoms with Crippen molar-refractivity contribution in [3.8, 4) is 0 Å². The fourth-order valence-corrected chi connectivity index (χ4v) is 1.39. The third-order valence-corrected chi connectivity index (χ3v) is 2.34. The summed E-state index contributed by atoms with van der Waals surface area (Å²) in [4.78, 5) is 22.6. The molecule has 5 heteroatoms. The van der Waals surface area contributed by atoms with Gasteiger partial charge in [0.2, 0.25) is 11.8 Å². The number of nitrogens with one attached hydrogen (secondary N) is 3. The van der Waals surface area contributed by atoms with Gasteiger partial charge in [0, 0.05) is 13.1 Å². The van der Waals surface area contributed by atoms with E-state index < -0.39 is 0 Å². The second-order valence-electron chi connectivity index (χ2n) is 3.97. The molecule has 16 heavy (non-hydrogen) atoms. The zero-order chi connectivity index (χ0) is 12.6. The highest BCUT2D eigenvalue weighted by Crippen LogP contribution is 1.93. The summed E-state index contributed by atoms with van der Waals surface area (Å²) >= 11 is 0. The topological polar surface area (TPSA) is 70.2 Å². The molecule has 0 aliphatic heterocycles. The number of hydrogen-bond donors (Lipinski definition) is 3. The molecule has 5 nitrogen and oxygen atoms in total. The zero-order valence-corrected chi connectivity index (χ0v) is 10.6. The molecule has 2 atom stereocenters. The highest BCUT2D eigenvalue weighted by atomic mass is 16.2. The molecule has 0 aromatic heterocycles. The van der Waals surface area contributed by atoms with Crippen molar-refractivity contribution in [2.24, 2.45) is 0 Å². The monoisotopic (exact) mass is 229 g/mol. The summed E-state index contributed by atoms with van der Waals surface area (Å²) in [7, 11) is 1.57. The largest absolute Gasteiger partial charge is 0.358 e. The first-order chi connectivity index (χ1) is 7.51. The van der Waals surface area contributed by atoms with Crippen molar-refractivity contribution in [2.75, 3.05) is 13.6 Å². The minimum absolute atomic E-state index is 0.0725. The predicted octanol–water partition coefficient (Wildman–Crippen LogP) is 0.0153. The first-order valence-corrected chi connectivity index (χ1v) is 5.75. The lowest BCUT2D eigenvalue weighted by Crippen LogP contribution is -2.46. The van der Waals surface area contributed by atoms with E-state index in [1.165, 1.54) is 0 Å². The molecule has 0 radical (unpaired) electrons. The Kier molecular flexibility index (Phi) is 7.54. The van der Waals surface area contributed by atoms with Crippen LogP contribution in [0.4, 0.5) is 0 Å². The molecule has 0 aliphatic carbocycles. The molecule has 0 rings (SSSR count). The van der Waals surface area contributed by atoms with Crippen LogP contribution in [0.3, 0.4) is 0 Å². The van der Waals surface area contributed by atoms with Crippen LogP contribution in [0.2, 0.25) is 0 Å². The van der Waals surface area contributed by atoms with Crippen LogP contribution >= 0.6 is 0 Å². The van der Waals surface area contributed by atoms with E-state index in [-0.39, 0.29) is 30.4 Å². The van der Waals surface area contributed by atoms with E-state index in [2.05, 4.69) is 22.9 Å². The van der Waals surface area contributed by atoms with E-state index in [9.17, 15) is 9.59 Å².